The monoisotopic (exact) mass is 321 g/mol. The van der Waals surface area contributed by atoms with Crippen LogP contribution < -0.4 is 10.6 Å². The Kier molecular flexibility index (Phi) is 5.15. The summed E-state index contributed by atoms with van der Waals surface area (Å²) in [6, 6.07) is 7.58. The average Bonchev–Trinajstić information content (AvgIpc) is 2.84. The summed E-state index contributed by atoms with van der Waals surface area (Å²) < 4.78 is 0. The molecule has 3 rings (SSSR count). The zero-order valence-electron chi connectivity index (χ0n) is 12.6. The third-order valence-corrected chi connectivity index (χ3v) is 3.94. The number of aromatic nitrogens is 3. The molecule has 1 unspecified atom stereocenters. The molecule has 6 nitrogen and oxygen atoms in total. The Hall–Kier alpha value is -1.92. The third kappa shape index (κ3) is 3.45. The molecule has 118 valence electrons. The normalized spacial score (nSPS) is 15.5. The number of anilines is 1. The fraction of sp³-hybridized carbons (Fsp3) is 0.400. The van der Waals surface area contributed by atoms with Crippen LogP contribution in [0.2, 0.25) is 0 Å². The van der Waals surface area contributed by atoms with E-state index in [0.29, 0.717) is 11.7 Å². The minimum Gasteiger partial charge on any atom is -0.326 e. The van der Waals surface area contributed by atoms with Crippen molar-refractivity contribution in [2.75, 3.05) is 18.4 Å². The maximum Gasteiger partial charge on any atom is 0.227 e. The van der Waals surface area contributed by atoms with E-state index in [2.05, 4.69) is 25.8 Å². The van der Waals surface area contributed by atoms with Crippen molar-refractivity contribution in [3.05, 3.63) is 30.1 Å². The molecule has 7 heteroatoms. The Morgan fingerprint density at radius 1 is 1.32 bits per heavy atom. The fourth-order valence-electron chi connectivity index (χ4n) is 2.31. The van der Waals surface area contributed by atoms with Gasteiger partial charge in [-0.1, -0.05) is 6.92 Å². The lowest BCUT2D eigenvalue weighted by Gasteiger charge is -2.31. The summed E-state index contributed by atoms with van der Waals surface area (Å²) in [5, 5.41) is 13.1. The molecular weight excluding hydrogens is 302 g/mol. The molecular formula is C15H20ClN5O. The third-order valence-electron chi connectivity index (χ3n) is 3.94. The first-order valence-corrected chi connectivity index (χ1v) is 7.14. The van der Waals surface area contributed by atoms with Gasteiger partial charge < -0.3 is 10.6 Å². The van der Waals surface area contributed by atoms with Crippen molar-refractivity contribution >= 4 is 24.0 Å². The minimum atomic E-state index is 0. The van der Waals surface area contributed by atoms with Crippen molar-refractivity contribution in [2.45, 2.75) is 13.8 Å². The lowest BCUT2D eigenvalue weighted by molar-refractivity contribution is -0.121. The predicted molar refractivity (Wildman–Crippen MR) is 88.0 cm³/mol. The van der Waals surface area contributed by atoms with E-state index < -0.39 is 0 Å². The summed E-state index contributed by atoms with van der Waals surface area (Å²) in [6.07, 6.45) is 0. The van der Waals surface area contributed by atoms with Gasteiger partial charge in [0.25, 0.3) is 0 Å². The quantitative estimate of drug-likeness (QED) is 0.804. The maximum atomic E-state index is 12.1. The Labute approximate surface area is 135 Å². The van der Waals surface area contributed by atoms with E-state index in [0.717, 1.165) is 30.2 Å². The van der Waals surface area contributed by atoms with Gasteiger partial charge >= 0.3 is 0 Å². The highest BCUT2D eigenvalue weighted by atomic mass is 35.5. The highest BCUT2D eigenvalue weighted by Crippen LogP contribution is 2.21. The highest BCUT2D eigenvalue weighted by Gasteiger charge is 2.28. The summed E-state index contributed by atoms with van der Waals surface area (Å²) in [4.78, 5) is 16.4. The molecule has 1 aromatic carbocycles. The van der Waals surface area contributed by atoms with E-state index in [4.69, 9.17) is 0 Å². The zero-order chi connectivity index (χ0) is 14.8. The number of H-pyrrole nitrogens is 1. The number of hydrogen-bond donors (Lipinski definition) is 3. The lowest BCUT2D eigenvalue weighted by atomic mass is 9.88. The van der Waals surface area contributed by atoms with Crippen LogP contribution >= 0.6 is 12.4 Å². The minimum absolute atomic E-state index is 0. The van der Waals surface area contributed by atoms with Gasteiger partial charge in [-0.05, 0) is 50.2 Å². The van der Waals surface area contributed by atoms with Crippen LogP contribution in [0.3, 0.4) is 0 Å². The standard InChI is InChI=1S/C15H19N5O.ClH/c1-9(12-7-16-8-12)15(21)18-13-5-3-11(4-6-13)14-17-10(2)19-20-14;/h3-6,9,12,16H,7-8H2,1-2H3,(H,18,21)(H,17,19,20);1H. The molecule has 1 fully saturated rings. The van der Waals surface area contributed by atoms with Gasteiger partial charge in [-0.15, -0.1) is 12.4 Å². The molecule has 0 aliphatic carbocycles. The largest absolute Gasteiger partial charge is 0.326 e. The van der Waals surface area contributed by atoms with Crippen LogP contribution in [0, 0.1) is 18.8 Å². The number of halogens is 1. The van der Waals surface area contributed by atoms with Crippen molar-refractivity contribution in [3.63, 3.8) is 0 Å². The Morgan fingerprint density at radius 3 is 2.50 bits per heavy atom. The molecule has 2 heterocycles. The second-order valence-electron chi connectivity index (χ2n) is 5.52. The van der Waals surface area contributed by atoms with E-state index in [1.165, 1.54) is 0 Å². The number of nitrogens with zero attached hydrogens (tertiary/aromatic N) is 2. The molecule has 0 bridgehead atoms. The van der Waals surface area contributed by atoms with Gasteiger partial charge in [-0.2, -0.15) is 5.10 Å². The zero-order valence-corrected chi connectivity index (χ0v) is 13.4. The molecule has 3 N–H and O–H groups in total. The van der Waals surface area contributed by atoms with Crippen LogP contribution in [-0.4, -0.2) is 34.2 Å². The molecule has 22 heavy (non-hydrogen) atoms. The number of aryl methyl sites for hydroxylation is 1. The van der Waals surface area contributed by atoms with Crippen LogP contribution in [0.1, 0.15) is 12.7 Å². The van der Waals surface area contributed by atoms with Gasteiger partial charge in [0.15, 0.2) is 5.82 Å². The molecule has 0 radical (unpaired) electrons. The molecule has 1 atom stereocenters. The first kappa shape index (κ1) is 16.5. The maximum absolute atomic E-state index is 12.1. The molecule has 1 saturated heterocycles. The Morgan fingerprint density at radius 2 is 2.00 bits per heavy atom. The number of benzene rings is 1. The van der Waals surface area contributed by atoms with Gasteiger partial charge in [-0.25, -0.2) is 4.98 Å². The van der Waals surface area contributed by atoms with E-state index in [9.17, 15) is 4.79 Å². The second-order valence-corrected chi connectivity index (χ2v) is 5.52. The molecule has 0 spiro atoms. The number of nitrogens with one attached hydrogen (secondary N) is 3. The second kappa shape index (κ2) is 6.89. The summed E-state index contributed by atoms with van der Waals surface area (Å²) in [5.74, 6) is 2.00. The van der Waals surface area contributed by atoms with Gasteiger partial charge in [-0.3, -0.25) is 9.89 Å². The SMILES string of the molecule is Cc1nc(-c2ccc(NC(=O)C(C)C3CNC3)cc2)n[nH]1.Cl. The molecule has 1 amide bonds. The first-order valence-electron chi connectivity index (χ1n) is 7.14. The van der Waals surface area contributed by atoms with Crippen molar-refractivity contribution < 1.29 is 4.79 Å². The summed E-state index contributed by atoms with van der Waals surface area (Å²) in [5.41, 5.74) is 1.73. The van der Waals surface area contributed by atoms with Crippen LogP contribution in [0.15, 0.2) is 24.3 Å². The van der Waals surface area contributed by atoms with E-state index in [1.807, 2.05) is 38.1 Å². The van der Waals surface area contributed by atoms with Crippen molar-refractivity contribution in [2.24, 2.45) is 11.8 Å². The number of amides is 1. The average molecular weight is 322 g/mol. The topological polar surface area (TPSA) is 82.7 Å². The van der Waals surface area contributed by atoms with Gasteiger partial charge in [0.1, 0.15) is 5.82 Å². The lowest BCUT2D eigenvalue weighted by Crippen LogP contribution is -2.48. The Balaban J connectivity index is 0.00000176. The molecule has 1 aromatic heterocycles. The number of rotatable bonds is 4. The number of carbonyl (C=O) groups excluding carboxylic acids is 1. The molecule has 1 aliphatic heterocycles. The summed E-state index contributed by atoms with van der Waals surface area (Å²) in [6.45, 7) is 5.70. The number of carbonyl (C=O) groups is 1. The van der Waals surface area contributed by atoms with E-state index in [1.54, 1.807) is 0 Å². The van der Waals surface area contributed by atoms with Crippen LogP contribution in [-0.2, 0) is 4.79 Å². The van der Waals surface area contributed by atoms with Crippen molar-refractivity contribution in [1.29, 1.82) is 0 Å². The molecule has 0 saturated carbocycles. The van der Waals surface area contributed by atoms with Gasteiger partial charge in [0, 0.05) is 17.2 Å². The summed E-state index contributed by atoms with van der Waals surface area (Å²) >= 11 is 0. The van der Waals surface area contributed by atoms with Gasteiger partial charge in [0.2, 0.25) is 5.91 Å². The Bertz CT molecular complexity index is 636. The molecule has 1 aliphatic rings. The van der Waals surface area contributed by atoms with Crippen molar-refractivity contribution in [1.82, 2.24) is 20.5 Å². The van der Waals surface area contributed by atoms with Gasteiger partial charge in [0.05, 0.1) is 0 Å². The summed E-state index contributed by atoms with van der Waals surface area (Å²) in [7, 11) is 0. The smallest absolute Gasteiger partial charge is 0.227 e. The number of hydrogen-bond acceptors (Lipinski definition) is 4. The number of aromatic amines is 1. The van der Waals surface area contributed by atoms with Crippen LogP contribution in [0.4, 0.5) is 5.69 Å². The van der Waals surface area contributed by atoms with Crippen LogP contribution in [0.5, 0.6) is 0 Å². The van der Waals surface area contributed by atoms with E-state index in [-0.39, 0.29) is 24.2 Å². The van der Waals surface area contributed by atoms with Crippen molar-refractivity contribution in [3.8, 4) is 11.4 Å². The van der Waals surface area contributed by atoms with Crippen LogP contribution in [0.25, 0.3) is 11.4 Å². The highest BCUT2D eigenvalue weighted by molar-refractivity contribution is 5.92. The predicted octanol–water partition coefficient (Wildman–Crippen LogP) is 2.00. The molecule has 2 aromatic rings. The fourth-order valence-corrected chi connectivity index (χ4v) is 2.31. The first-order chi connectivity index (χ1) is 10.1. The van der Waals surface area contributed by atoms with E-state index >= 15 is 0 Å².